The van der Waals surface area contributed by atoms with Crippen molar-refractivity contribution in [3.63, 3.8) is 0 Å². The monoisotopic (exact) mass is 833 g/mol. The number of hydrogen-bond donors (Lipinski definition) is 0. The molecule has 11 aromatic rings. The minimum Gasteiger partial charge on any atom is -0.309 e. The van der Waals surface area contributed by atoms with E-state index in [2.05, 4.69) is 12.1 Å². The number of para-hydroxylation sites is 2. The molecule has 3 heterocycles. The maximum absolute atomic E-state index is 15.7. The molecule has 11 rings (SSSR count). The average Bonchev–Trinajstić information content (AvgIpc) is 3.85. The Hall–Kier alpha value is -8.86. The van der Waals surface area contributed by atoms with Crippen molar-refractivity contribution in [3.8, 4) is 68.8 Å². The molecule has 0 radical (unpaired) electrons. The average molecular weight is 834 g/mol. The number of halogens is 3. The first-order valence-corrected chi connectivity index (χ1v) is 20.4. The van der Waals surface area contributed by atoms with Crippen molar-refractivity contribution in [1.82, 2.24) is 24.1 Å². The summed E-state index contributed by atoms with van der Waals surface area (Å²) in [6, 6.07) is 59.1. The smallest absolute Gasteiger partial charge is 0.309 e. The Morgan fingerprint density at radius 3 is 1.44 bits per heavy atom. The standard InChI is InChI=1S/C54H30F3N7/c55-54(56,57)45-23-22-38(63-46-17-9-7-15-39(46)42-27-33(31-58)19-24-48(42)63)30-41(45)44-29-37(53-61-51(35-11-3-1-4-12-35)60-52(62-53)36-13-5-2-6-14-36)21-26-50(44)64-47-18-10-8-16-40(47)43-28-34(32-59)20-25-49(43)64/h1-30H. The lowest BCUT2D eigenvalue weighted by atomic mass is 9.94. The normalized spacial score (nSPS) is 11.6. The van der Waals surface area contributed by atoms with Gasteiger partial charge in [-0.3, -0.25) is 0 Å². The Morgan fingerprint density at radius 1 is 0.406 bits per heavy atom. The van der Waals surface area contributed by atoms with Crippen LogP contribution in [0, 0.1) is 22.7 Å². The number of alkyl halides is 3. The van der Waals surface area contributed by atoms with Gasteiger partial charge in [-0.2, -0.15) is 23.7 Å². The molecule has 0 saturated carbocycles. The van der Waals surface area contributed by atoms with Gasteiger partial charge in [0.05, 0.1) is 56.6 Å². The van der Waals surface area contributed by atoms with E-state index in [1.165, 1.54) is 6.07 Å². The summed E-state index contributed by atoms with van der Waals surface area (Å²) in [5.74, 6) is 1.10. The van der Waals surface area contributed by atoms with E-state index in [1.807, 2.05) is 155 Å². The predicted octanol–water partition coefficient (Wildman–Crippen LogP) is 13.5. The summed E-state index contributed by atoms with van der Waals surface area (Å²) in [5, 5.41) is 23.0. The summed E-state index contributed by atoms with van der Waals surface area (Å²) < 4.78 is 50.9. The summed E-state index contributed by atoms with van der Waals surface area (Å²) in [6.07, 6.45) is -4.76. The van der Waals surface area contributed by atoms with E-state index >= 15 is 13.2 Å². The van der Waals surface area contributed by atoms with Crippen LogP contribution in [0.3, 0.4) is 0 Å². The Morgan fingerprint density at radius 2 is 0.891 bits per heavy atom. The highest BCUT2D eigenvalue weighted by Gasteiger charge is 2.35. The highest BCUT2D eigenvalue weighted by Crippen LogP contribution is 2.45. The number of aromatic nitrogens is 5. The topological polar surface area (TPSA) is 96.1 Å². The van der Waals surface area contributed by atoms with Crippen LogP contribution in [-0.2, 0) is 6.18 Å². The van der Waals surface area contributed by atoms with Gasteiger partial charge in [0.25, 0.3) is 0 Å². The molecule has 10 heteroatoms. The van der Waals surface area contributed by atoms with E-state index in [-0.39, 0.29) is 17.0 Å². The minimum atomic E-state index is -4.76. The number of benzene rings is 8. The molecule has 3 aromatic heterocycles. The van der Waals surface area contributed by atoms with E-state index < -0.39 is 11.7 Å². The van der Waals surface area contributed by atoms with Crippen LogP contribution in [-0.4, -0.2) is 24.1 Å². The van der Waals surface area contributed by atoms with Gasteiger partial charge < -0.3 is 9.13 Å². The first-order chi connectivity index (χ1) is 31.3. The van der Waals surface area contributed by atoms with Gasteiger partial charge in [0.15, 0.2) is 17.5 Å². The molecule has 64 heavy (non-hydrogen) atoms. The van der Waals surface area contributed by atoms with Gasteiger partial charge in [-0.25, -0.2) is 15.0 Å². The second-order valence-electron chi connectivity index (χ2n) is 15.4. The third-order valence-electron chi connectivity index (χ3n) is 11.7. The van der Waals surface area contributed by atoms with Gasteiger partial charge in [0.2, 0.25) is 0 Å². The van der Waals surface area contributed by atoms with Gasteiger partial charge in [-0.1, -0.05) is 97.1 Å². The molecule has 0 unspecified atom stereocenters. The lowest BCUT2D eigenvalue weighted by molar-refractivity contribution is -0.137. The van der Waals surface area contributed by atoms with Crippen molar-refractivity contribution in [2.75, 3.05) is 0 Å². The van der Waals surface area contributed by atoms with Crippen molar-refractivity contribution in [3.05, 3.63) is 199 Å². The fourth-order valence-electron chi connectivity index (χ4n) is 8.79. The molecule has 0 atom stereocenters. The van der Waals surface area contributed by atoms with E-state index in [0.717, 1.165) is 55.3 Å². The van der Waals surface area contributed by atoms with Crippen LogP contribution in [0.1, 0.15) is 16.7 Å². The summed E-state index contributed by atoms with van der Waals surface area (Å²) in [5.41, 5.74) is 6.23. The predicted molar refractivity (Wildman–Crippen MR) is 245 cm³/mol. The van der Waals surface area contributed by atoms with Crippen molar-refractivity contribution < 1.29 is 13.2 Å². The molecule has 0 aliphatic heterocycles. The maximum atomic E-state index is 15.7. The largest absolute Gasteiger partial charge is 0.417 e. The number of fused-ring (bicyclic) bond motifs is 6. The summed E-state index contributed by atoms with van der Waals surface area (Å²) in [6.45, 7) is 0. The highest BCUT2D eigenvalue weighted by molar-refractivity contribution is 6.11. The molecule has 8 aromatic carbocycles. The van der Waals surface area contributed by atoms with Crippen molar-refractivity contribution in [1.29, 1.82) is 10.5 Å². The first kappa shape index (κ1) is 38.1. The van der Waals surface area contributed by atoms with Crippen LogP contribution in [0.25, 0.3) is 100 Å². The van der Waals surface area contributed by atoms with Gasteiger partial charge in [0.1, 0.15) is 0 Å². The molecule has 0 aliphatic carbocycles. The molecular weight excluding hydrogens is 804 g/mol. The second-order valence-corrected chi connectivity index (χ2v) is 15.4. The zero-order valence-electron chi connectivity index (χ0n) is 33.6. The zero-order valence-corrected chi connectivity index (χ0v) is 33.6. The van der Waals surface area contributed by atoms with Crippen molar-refractivity contribution >= 4 is 43.6 Å². The summed E-state index contributed by atoms with van der Waals surface area (Å²) in [7, 11) is 0. The van der Waals surface area contributed by atoms with Crippen LogP contribution >= 0.6 is 0 Å². The minimum absolute atomic E-state index is 0.0679. The lowest BCUT2D eigenvalue weighted by Crippen LogP contribution is -2.10. The number of nitrogens with zero attached hydrogens (tertiary/aromatic N) is 7. The van der Waals surface area contributed by atoms with Crippen LogP contribution < -0.4 is 0 Å². The van der Waals surface area contributed by atoms with E-state index in [1.54, 1.807) is 24.3 Å². The SMILES string of the molecule is N#Cc1ccc2c(c1)c1ccccc1n2-c1ccc(C(F)(F)F)c(-c2cc(-c3nc(-c4ccccc4)nc(-c4ccccc4)n3)ccc2-n2c3ccccc3c3cc(C#N)ccc32)c1. The molecule has 7 nitrogen and oxygen atoms in total. The third kappa shape index (κ3) is 6.32. The highest BCUT2D eigenvalue weighted by atomic mass is 19.4. The van der Waals surface area contributed by atoms with E-state index in [4.69, 9.17) is 15.0 Å². The van der Waals surface area contributed by atoms with Crippen molar-refractivity contribution in [2.24, 2.45) is 0 Å². The Bertz CT molecular complexity index is 3690. The fourth-order valence-corrected chi connectivity index (χ4v) is 8.79. The van der Waals surface area contributed by atoms with Crippen LogP contribution in [0.15, 0.2) is 182 Å². The van der Waals surface area contributed by atoms with Gasteiger partial charge in [-0.15, -0.1) is 0 Å². The molecule has 0 bridgehead atoms. The number of nitriles is 2. The van der Waals surface area contributed by atoms with Crippen LogP contribution in [0.4, 0.5) is 13.2 Å². The summed E-state index contributed by atoms with van der Waals surface area (Å²) >= 11 is 0. The molecule has 0 spiro atoms. The Kier molecular flexibility index (Phi) is 8.89. The van der Waals surface area contributed by atoms with Crippen molar-refractivity contribution in [2.45, 2.75) is 6.18 Å². The molecule has 0 saturated heterocycles. The molecule has 0 fully saturated rings. The van der Waals surface area contributed by atoms with Gasteiger partial charge >= 0.3 is 6.18 Å². The first-order valence-electron chi connectivity index (χ1n) is 20.4. The van der Waals surface area contributed by atoms with Crippen LogP contribution in [0.2, 0.25) is 0 Å². The van der Waals surface area contributed by atoms with Crippen LogP contribution in [0.5, 0.6) is 0 Å². The lowest BCUT2D eigenvalue weighted by Gasteiger charge is -2.21. The molecule has 0 aliphatic rings. The van der Waals surface area contributed by atoms with E-state index in [0.29, 0.717) is 45.2 Å². The van der Waals surface area contributed by atoms with Gasteiger partial charge in [0, 0.05) is 49.5 Å². The number of hydrogen-bond acceptors (Lipinski definition) is 5. The van der Waals surface area contributed by atoms with Gasteiger partial charge in [-0.05, 0) is 90.5 Å². The van der Waals surface area contributed by atoms with E-state index in [9.17, 15) is 10.5 Å². The quantitative estimate of drug-likeness (QED) is 0.166. The summed E-state index contributed by atoms with van der Waals surface area (Å²) in [4.78, 5) is 14.7. The Labute approximate surface area is 363 Å². The fraction of sp³-hybridized carbons (Fsp3) is 0.0185. The third-order valence-corrected chi connectivity index (χ3v) is 11.7. The molecule has 0 N–H and O–H groups in total. The molecule has 0 amide bonds. The maximum Gasteiger partial charge on any atom is 0.417 e. The molecular formula is C54H30F3N7. The zero-order chi connectivity index (χ0) is 43.5. The Balaban J connectivity index is 1.24. The second kappa shape index (κ2) is 14.9. The number of rotatable bonds is 6. The molecule has 302 valence electrons.